The maximum Gasteiger partial charge on any atom is 0.319 e. The standard InChI is InChI=1S/C15H13F2N5O3S/c1-7-3-4-9-10(5-7)26-15(18-9)19-11(23)6-21-8(2)13(22(24)25)12(20-21)14(16)17/h3-5,14H,6H2,1-2H3,(H,18,19,23). The summed E-state index contributed by atoms with van der Waals surface area (Å²) in [4.78, 5) is 26.5. The van der Waals surface area contributed by atoms with Crippen molar-refractivity contribution in [2.45, 2.75) is 26.8 Å². The molecule has 2 aromatic heterocycles. The molecular weight excluding hydrogens is 368 g/mol. The summed E-state index contributed by atoms with van der Waals surface area (Å²) in [5, 5.41) is 17.4. The van der Waals surface area contributed by atoms with Crippen LogP contribution in [0.3, 0.4) is 0 Å². The van der Waals surface area contributed by atoms with Gasteiger partial charge in [-0.05, 0) is 31.5 Å². The van der Waals surface area contributed by atoms with Gasteiger partial charge in [0.2, 0.25) is 11.6 Å². The highest BCUT2D eigenvalue weighted by atomic mass is 32.1. The molecule has 0 saturated carbocycles. The SMILES string of the molecule is Cc1ccc2nc(NC(=O)Cn3nc(C(F)F)c([N+](=O)[O-])c3C)sc2c1. The summed E-state index contributed by atoms with van der Waals surface area (Å²) in [5.74, 6) is -0.568. The van der Waals surface area contributed by atoms with E-state index in [9.17, 15) is 23.7 Å². The quantitative estimate of drug-likeness (QED) is 0.537. The largest absolute Gasteiger partial charge is 0.319 e. The molecule has 0 fully saturated rings. The average Bonchev–Trinajstić information content (AvgIpc) is 3.07. The second-order valence-electron chi connectivity index (χ2n) is 5.57. The molecule has 0 aliphatic rings. The fraction of sp³-hybridized carbons (Fsp3) is 0.267. The monoisotopic (exact) mass is 381 g/mol. The molecule has 11 heteroatoms. The van der Waals surface area contributed by atoms with Gasteiger partial charge in [0.05, 0.1) is 15.1 Å². The summed E-state index contributed by atoms with van der Waals surface area (Å²) in [6.45, 7) is 2.77. The fourth-order valence-electron chi connectivity index (χ4n) is 2.47. The first-order chi connectivity index (χ1) is 12.3. The molecule has 0 saturated heterocycles. The summed E-state index contributed by atoms with van der Waals surface area (Å²) in [7, 11) is 0. The number of amides is 1. The molecule has 26 heavy (non-hydrogen) atoms. The fourth-order valence-corrected chi connectivity index (χ4v) is 3.45. The van der Waals surface area contributed by atoms with Crippen LogP contribution in [0, 0.1) is 24.0 Å². The van der Waals surface area contributed by atoms with E-state index in [2.05, 4.69) is 15.4 Å². The summed E-state index contributed by atoms with van der Waals surface area (Å²) in [5.41, 5.74) is -0.0563. The highest BCUT2D eigenvalue weighted by molar-refractivity contribution is 7.22. The topological polar surface area (TPSA) is 103 Å². The summed E-state index contributed by atoms with van der Waals surface area (Å²) in [6.07, 6.45) is -3.11. The Kier molecular flexibility index (Phi) is 4.64. The lowest BCUT2D eigenvalue weighted by Crippen LogP contribution is -2.20. The van der Waals surface area contributed by atoms with Crippen LogP contribution in [0.15, 0.2) is 18.2 Å². The number of halogens is 2. The predicted octanol–water partition coefficient (Wildman–Crippen LogP) is 3.59. The van der Waals surface area contributed by atoms with Crippen LogP contribution in [0.1, 0.15) is 23.4 Å². The van der Waals surface area contributed by atoms with E-state index >= 15 is 0 Å². The minimum atomic E-state index is -3.11. The van der Waals surface area contributed by atoms with Gasteiger partial charge < -0.3 is 5.32 Å². The van der Waals surface area contributed by atoms with Gasteiger partial charge in [-0.2, -0.15) is 5.10 Å². The molecule has 0 unspecified atom stereocenters. The number of nitro groups is 1. The number of hydrogen-bond donors (Lipinski definition) is 1. The van der Waals surface area contributed by atoms with Crippen LogP contribution < -0.4 is 5.32 Å². The Bertz CT molecular complexity index is 1010. The van der Waals surface area contributed by atoms with E-state index in [1.807, 2.05) is 25.1 Å². The number of hydrogen-bond acceptors (Lipinski definition) is 6. The molecular formula is C15H13F2N5O3S. The van der Waals surface area contributed by atoms with E-state index in [4.69, 9.17) is 0 Å². The summed E-state index contributed by atoms with van der Waals surface area (Å²) in [6, 6.07) is 5.65. The number of thiazole rings is 1. The zero-order valence-corrected chi connectivity index (χ0v) is 14.5. The van der Waals surface area contributed by atoms with Crippen LogP contribution in [-0.4, -0.2) is 25.6 Å². The number of carbonyl (C=O) groups excluding carboxylic acids is 1. The molecule has 2 heterocycles. The van der Waals surface area contributed by atoms with Crippen molar-refractivity contribution in [2.24, 2.45) is 0 Å². The third-order valence-corrected chi connectivity index (χ3v) is 4.61. The zero-order valence-electron chi connectivity index (χ0n) is 13.7. The van der Waals surface area contributed by atoms with Crippen molar-refractivity contribution in [1.82, 2.24) is 14.8 Å². The Hall–Kier alpha value is -2.95. The van der Waals surface area contributed by atoms with E-state index < -0.39 is 35.2 Å². The molecule has 1 amide bonds. The first-order valence-electron chi connectivity index (χ1n) is 7.43. The lowest BCUT2D eigenvalue weighted by Gasteiger charge is -2.03. The molecule has 0 atom stereocenters. The van der Waals surface area contributed by atoms with Gasteiger partial charge in [0.15, 0.2) is 5.13 Å². The Balaban J connectivity index is 1.81. The third-order valence-electron chi connectivity index (χ3n) is 3.67. The number of carbonyl (C=O) groups is 1. The molecule has 0 aliphatic carbocycles. The Morgan fingerprint density at radius 2 is 2.15 bits per heavy atom. The molecule has 136 valence electrons. The highest BCUT2D eigenvalue weighted by Crippen LogP contribution is 2.31. The number of nitrogens with one attached hydrogen (secondary N) is 1. The number of rotatable bonds is 5. The van der Waals surface area contributed by atoms with E-state index in [0.717, 1.165) is 20.5 Å². The molecule has 1 N–H and O–H groups in total. The molecule has 0 spiro atoms. The van der Waals surface area contributed by atoms with Crippen LogP contribution in [0.25, 0.3) is 10.2 Å². The number of anilines is 1. The number of aromatic nitrogens is 3. The van der Waals surface area contributed by atoms with Gasteiger partial charge in [-0.25, -0.2) is 13.8 Å². The first kappa shape index (κ1) is 17.9. The van der Waals surface area contributed by atoms with Gasteiger partial charge in [0.1, 0.15) is 12.2 Å². The van der Waals surface area contributed by atoms with Gasteiger partial charge in [-0.1, -0.05) is 17.4 Å². The van der Waals surface area contributed by atoms with Crippen molar-refractivity contribution in [2.75, 3.05) is 5.32 Å². The van der Waals surface area contributed by atoms with Gasteiger partial charge in [-0.15, -0.1) is 0 Å². The second kappa shape index (κ2) is 6.75. The van der Waals surface area contributed by atoms with Gasteiger partial charge in [0, 0.05) is 0 Å². The molecule has 3 aromatic rings. The number of fused-ring (bicyclic) bond motifs is 1. The van der Waals surface area contributed by atoms with Crippen molar-refractivity contribution in [3.05, 3.63) is 45.3 Å². The first-order valence-corrected chi connectivity index (χ1v) is 8.24. The number of nitrogens with zero attached hydrogens (tertiary/aromatic N) is 4. The lowest BCUT2D eigenvalue weighted by molar-refractivity contribution is -0.386. The summed E-state index contributed by atoms with van der Waals surface area (Å²) >= 11 is 1.27. The second-order valence-corrected chi connectivity index (χ2v) is 6.60. The van der Waals surface area contributed by atoms with Gasteiger partial charge >= 0.3 is 5.69 Å². The Morgan fingerprint density at radius 3 is 2.77 bits per heavy atom. The Labute approximate surface area is 149 Å². The normalized spacial score (nSPS) is 11.3. The van der Waals surface area contributed by atoms with E-state index in [0.29, 0.717) is 5.13 Å². The number of benzene rings is 1. The van der Waals surface area contributed by atoms with Crippen LogP contribution in [-0.2, 0) is 11.3 Å². The lowest BCUT2D eigenvalue weighted by atomic mass is 10.2. The van der Waals surface area contributed by atoms with Crippen LogP contribution in [0.2, 0.25) is 0 Å². The third kappa shape index (κ3) is 3.38. The maximum atomic E-state index is 12.9. The average molecular weight is 381 g/mol. The van der Waals surface area contributed by atoms with E-state index in [1.165, 1.54) is 18.3 Å². The van der Waals surface area contributed by atoms with E-state index in [1.54, 1.807) is 0 Å². The van der Waals surface area contributed by atoms with Crippen LogP contribution >= 0.6 is 11.3 Å². The minimum absolute atomic E-state index is 0.111. The highest BCUT2D eigenvalue weighted by Gasteiger charge is 2.31. The van der Waals surface area contributed by atoms with E-state index in [-0.39, 0.29) is 5.69 Å². The molecule has 3 rings (SSSR count). The van der Waals surface area contributed by atoms with Crippen molar-refractivity contribution in [3.63, 3.8) is 0 Å². The molecule has 8 nitrogen and oxygen atoms in total. The predicted molar refractivity (Wildman–Crippen MR) is 91.6 cm³/mol. The Morgan fingerprint density at radius 1 is 1.42 bits per heavy atom. The van der Waals surface area contributed by atoms with Gasteiger partial charge in [-0.3, -0.25) is 19.6 Å². The molecule has 0 radical (unpaired) electrons. The van der Waals surface area contributed by atoms with Crippen molar-refractivity contribution in [1.29, 1.82) is 0 Å². The maximum absolute atomic E-state index is 12.9. The molecule has 0 aliphatic heterocycles. The van der Waals surface area contributed by atoms with Crippen molar-refractivity contribution in [3.8, 4) is 0 Å². The smallest absolute Gasteiger partial charge is 0.300 e. The minimum Gasteiger partial charge on any atom is -0.300 e. The summed E-state index contributed by atoms with van der Waals surface area (Å²) < 4.78 is 27.6. The molecule has 1 aromatic carbocycles. The number of aryl methyl sites for hydroxylation is 1. The van der Waals surface area contributed by atoms with Gasteiger partial charge in [0.25, 0.3) is 6.43 Å². The molecule has 0 bridgehead atoms. The number of alkyl halides is 2. The van der Waals surface area contributed by atoms with Crippen LogP contribution in [0.4, 0.5) is 19.6 Å². The zero-order chi connectivity index (χ0) is 19.0. The van der Waals surface area contributed by atoms with Crippen molar-refractivity contribution >= 4 is 38.3 Å². The van der Waals surface area contributed by atoms with Crippen LogP contribution in [0.5, 0.6) is 0 Å². The van der Waals surface area contributed by atoms with Crippen molar-refractivity contribution < 1.29 is 18.5 Å².